The van der Waals surface area contributed by atoms with Gasteiger partial charge in [-0.15, -0.1) is 0 Å². The van der Waals surface area contributed by atoms with Crippen LogP contribution in [0, 0.1) is 10.1 Å². The molecule has 0 spiro atoms. The number of hydrogen-bond donors (Lipinski definition) is 1. The monoisotopic (exact) mass is 272 g/mol. The fraction of sp³-hybridized carbons (Fsp3) is 0.500. The Labute approximate surface area is 107 Å². The second-order valence-electron chi connectivity index (χ2n) is 3.93. The summed E-state index contributed by atoms with van der Waals surface area (Å²) in [5.74, 6) is -0.975. The first-order valence-corrected chi connectivity index (χ1v) is 6.18. The van der Waals surface area contributed by atoms with Crippen LogP contribution in [0.4, 0.5) is 5.00 Å². The van der Waals surface area contributed by atoms with Crippen molar-refractivity contribution in [2.24, 2.45) is 0 Å². The van der Waals surface area contributed by atoms with Crippen molar-refractivity contribution in [3.05, 3.63) is 27.1 Å². The Balaban J connectivity index is 1.96. The molecule has 0 saturated carbocycles. The second kappa shape index (κ2) is 5.42. The predicted molar refractivity (Wildman–Crippen MR) is 63.6 cm³/mol. The van der Waals surface area contributed by atoms with Crippen LogP contribution in [0.15, 0.2) is 12.1 Å². The second-order valence-corrected chi connectivity index (χ2v) is 5.08. The summed E-state index contributed by atoms with van der Waals surface area (Å²) < 4.78 is 5.10. The van der Waals surface area contributed by atoms with E-state index in [0.717, 1.165) is 16.2 Å². The van der Waals surface area contributed by atoms with Gasteiger partial charge < -0.3 is 9.84 Å². The Morgan fingerprint density at radius 3 is 3.06 bits per heavy atom. The molecule has 1 aliphatic heterocycles. The lowest BCUT2D eigenvalue weighted by molar-refractivity contribution is -0.380. The molecule has 0 bridgehead atoms. The molecule has 8 heteroatoms. The molecule has 0 amide bonds. The van der Waals surface area contributed by atoms with Crippen LogP contribution >= 0.6 is 11.3 Å². The van der Waals surface area contributed by atoms with Gasteiger partial charge in [-0.05, 0) is 6.07 Å². The molecule has 1 aromatic rings. The minimum atomic E-state index is -0.975. The van der Waals surface area contributed by atoms with E-state index in [2.05, 4.69) is 0 Å². The van der Waals surface area contributed by atoms with Crippen molar-refractivity contribution in [3.8, 4) is 0 Å². The van der Waals surface area contributed by atoms with Crippen molar-refractivity contribution in [3.63, 3.8) is 0 Å². The van der Waals surface area contributed by atoms with Gasteiger partial charge >= 0.3 is 11.0 Å². The molecule has 0 radical (unpaired) electrons. The van der Waals surface area contributed by atoms with Crippen LogP contribution in [0.1, 0.15) is 4.88 Å². The van der Waals surface area contributed by atoms with E-state index in [9.17, 15) is 14.9 Å². The summed E-state index contributed by atoms with van der Waals surface area (Å²) in [5.41, 5.74) is 0. The minimum absolute atomic E-state index is 0.105. The standard InChI is InChI=1S/C10H12N2O5S/c13-10(14)8-6-11(3-4-17-8)5-7-1-2-9(18-7)12(15)16/h1-2,8H,3-6H2,(H,13,14). The van der Waals surface area contributed by atoms with E-state index in [1.54, 1.807) is 6.07 Å². The molecular weight excluding hydrogens is 260 g/mol. The minimum Gasteiger partial charge on any atom is -0.479 e. The number of carboxylic acid groups (broad SMARTS) is 1. The molecule has 98 valence electrons. The van der Waals surface area contributed by atoms with E-state index in [1.165, 1.54) is 6.07 Å². The maximum atomic E-state index is 10.8. The number of hydrogen-bond acceptors (Lipinski definition) is 6. The number of thiophene rings is 1. The molecule has 1 atom stereocenters. The zero-order chi connectivity index (χ0) is 13.1. The maximum Gasteiger partial charge on any atom is 0.334 e. The van der Waals surface area contributed by atoms with Gasteiger partial charge in [-0.1, -0.05) is 11.3 Å². The lowest BCUT2D eigenvalue weighted by Gasteiger charge is -2.30. The average molecular weight is 272 g/mol. The molecule has 1 N–H and O–H groups in total. The zero-order valence-corrected chi connectivity index (χ0v) is 10.3. The van der Waals surface area contributed by atoms with Crippen LogP contribution in [0.3, 0.4) is 0 Å². The first kappa shape index (κ1) is 12.9. The highest BCUT2D eigenvalue weighted by Crippen LogP contribution is 2.25. The Morgan fingerprint density at radius 2 is 2.44 bits per heavy atom. The van der Waals surface area contributed by atoms with Crippen LogP contribution in [0.2, 0.25) is 0 Å². The normalized spacial score (nSPS) is 20.8. The van der Waals surface area contributed by atoms with Crippen molar-refractivity contribution in [2.75, 3.05) is 19.7 Å². The summed E-state index contributed by atoms with van der Waals surface area (Å²) in [7, 11) is 0. The fourth-order valence-electron chi connectivity index (χ4n) is 1.77. The smallest absolute Gasteiger partial charge is 0.334 e. The molecular formula is C10H12N2O5S. The predicted octanol–water partition coefficient (Wildman–Crippen LogP) is 0.942. The molecule has 1 aliphatic rings. The molecule has 1 saturated heterocycles. The Bertz CT molecular complexity index is 461. The van der Waals surface area contributed by atoms with Gasteiger partial charge in [-0.25, -0.2) is 4.79 Å². The van der Waals surface area contributed by atoms with Crippen molar-refractivity contribution >= 4 is 22.3 Å². The molecule has 2 heterocycles. The van der Waals surface area contributed by atoms with Crippen LogP contribution in [-0.4, -0.2) is 46.7 Å². The lowest BCUT2D eigenvalue weighted by Crippen LogP contribution is -2.45. The molecule has 1 unspecified atom stereocenters. The summed E-state index contributed by atoms with van der Waals surface area (Å²) in [4.78, 5) is 23.7. The Hall–Kier alpha value is -1.51. The number of carboxylic acids is 1. The van der Waals surface area contributed by atoms with Gasteiger partial charge in [0.15, 0.2) is 6.10 Å². The highest BCUT2D eigenvalue weighted by atomic mass is 32.1. The van der Waals surface area contributed by atoms with Crippen LogP contribution in [0.5, 0.6) is 0 Å². The van der Waals surface area contributed by atoms with E-state index in [0.29, 0.717) is 26.2 Å². The quantitative estimate of drug-likeness (QED) is 0.647. The Morgan fingerprint density at radius 1 is 1.67 bits per heavy atom. The third-order valence-electron chi connectivity index (χ3n) is 2.63. The van der Waals surface area contributed by atoms with Gasteiger partial charge in [0.1, 0.15) is 0 Å². The summed E-state index contributed by atoms with van der Waals surface area (Å²) in [6.07, 6.45) is -0.811. The number of ether oxygens (including phenoxy) is 1. The van der Waals surface area contributed by atoms with E-state index < -0.39 is 17.0 Å². The van der Waals surface area contributed by atoms with Crippen molar-refractivity contribution < 1.29 is 19.6 Å². The first-order chi connectivity index (χ1) is 8.56. The fourth-order valence-corrected chi connectivity index (χ4v) is 2.63. The van der Waals surface area contributed by atoms with Gasteiger partial charge in [0, 0.05) is 30.6 Å². The van der Waals surface area contributed by atoms with Gasteiger partial charge in [-0.2, -0.15) is 0 Å². The summed E-state index contributed by atoms with van der Waals surface area (Å²) in [6.45, 7) is 1.83. The number of aliphatic carboxylic acids is 1. The molecule has 1 aromatic heterocycles. The van der Waals surface area contributed by atoms with Crippen LogP contribution in [-0.2, 0) is 16.1 Å². The third-order valence-corrected chi connectivity index (χ3v) is 3.65. The van der Waals surface area contributed by atoms with Crippen LogP contribution in [0.25, 0.3) is 0 Å². The van der Waals surface area contributed by atoms with Gasteiger partial charge in [0.25, 0.3) is 0 Å². The SMILES string of the molecule is O=C(O)C1CN(Cc2ccc([N+](=O)[O-])s2)CCO1. The number of carbonyl (C=O) groups is 1. The summed E-state index contributed by atoms with van der Waals surface area (Å²) in [5, 5.41) is 19.5. The number of nitrogens with zero attached hydrogens (tertiary/aromatic N) is 2. The largest absolute Gasteiger partial charge is 0.479 e. The van der Waals surface area contributed by atoms with Crippen LogP contribution < -0.4 is 0 Å². The van der Waals surface area contributed by atoms with Crippen molar-refractivity contribution in [1.82, 2.24) is 4.90 Å². The van der Waals surface area contributed by atoms with E-state index in [-0.39, 0.29) is 5.00 Å². The molecule has 18 heavy (non-hydrogen) atoms. The maximum absolute atomic E-state index is 10.8. The molecule has 0 aliphatic carbocycles. The zero-order valence-electron chi connectivity index (χ0n) is 9.44. The number of morpholine rings is 1. The van der Waals surface area contributed by atoms with Crippen molar-refractivity contribution in [1.29, 1.82) is 0 Å². The first-order valence-electron chi connectivity index (χ1n) is 5.36. The number of rotatable bonds is 4. The highest BCUT2D eigenvalue weighted by molar-refractivity contribution is 7.15. The average Bonchev–Trinajstić information content (AvgIpc) is 2.78. The molecule has 2 rings (SSSR count). The topological polar surface area (TPSA) is 92.9 Å². The molecule has 1 fully saturated rings. The van der Waals surface area contributed by atoms with E-state index >= 15 is 0 Å². The van der Waals surface area contributed by atoms with E-state index in [1.807, 2.05) is 4.90 Å². The lowest BCUT2D eigenvalue weighted by atomic mass is 10.2. The number of nitro groups is 1. The van der Waals surface area contributed by atoms with Gasteiger partial charge in [-0.3, -0.25) is 15.0 Å². The summed E-state index contributed by atoms with van der Waals surface area (Å²) >= 11 is 1.12. The molecule has 7 nitrogen and oxygen atoms in total. The molecule has 0 aromatic carbocycles. The Kier molecular flexibility index (Phi) is 3.90. The van der Waals surface area contributed by atoms with E-state index in [4.69, 9.17) is 9.84 Å². The summed E-state index contributed by atoms with van der Waals surface area (Å²) in [6, 6.07) is 3.17. The van der Waals surface area contributed by atoms with Gasteiger partial charge in [0.2, 0.25) is 0 Å². The highest BCUT2D eigenvalue weighted by Gasteiger charge is 2.26. The third kappa shape index (κ3) is 3.03. The van der Waals surface area contributed by atoms with Gasteiger partial charge in [0.05, 0.1) is 11.5 Å². The van der Waals surface area contributed by atoms with Crippen molar-refractivity contribution in [2.45, 2.75) is 12.6 Å².